The highest BCUT2D eigenvalue weighted by Crippen LogP contribution is 2.31. The average Bonchev–Trinajstić information content (AvgIpc) is 3.39. The van der Waals surface area contributed by atoms with Crippen molar-refractivity contribution in [1.82, 2.24) is 15.1 Å². The van der Waals surface area contributed by atoms with Crippen molar-refractivity contribution >= 4 is 29.5 Å². The molecule has 2 aromatic rings. The van der Waals surface area contributed by atoms with Gasteiger partial charge in [0.25, 0.3) is 0 Å². The summed E-state index contributed by atoms with van der Waals surface area (Å²) >= 11 is 0. The summed E-state index contributed by atoms with van der Waals surface area (Å²) in [5.41, 5.74) is 8.13. The van der Waals surface area contributed by atoms with Crippen LogP contribution in [0, 0.1) is 0 Å². The summed E-state index contributed by atoms with van der Waals surface area (Å²) in [4.78, 5) is 40.6. The number of alkyl halides is 9. The van der Waals surface area contributed by atoms with Gasteiger partial charge in [-0.15, -0.1) is 0 Å². The molecule has 1 aromatic heterocycles. The fourth-order valence-corrected chi connectivity index (χ4v) is 1.92. The van der Waals surface area contributed by atoms with Gasteiger partial charge in [-0.25, -0.2) is 14.4 Å². The lowest BCUT2D eigenvalue weighted by Gasteiger charge is -2.16. The number of aromatic amines is 1. The minimum atomic E-state index is -5.08. The first kappa shape index (κ1) is 41.5. The lowest BCUT2D eigenvalue weighted by Crippen LogP contribution is -2.32. The lowest BCUT2D eigenvalue weighted by atomic mass is 10.1. The second kappa shape index (κ2) is 18.1. The summed E-state index contributed by atoms with van der Waals surface area (Å²) in [5, 5.41) is 30.9. The quantitative estimate of drug-likeness (QED) is 0.238. The second-order valence-corrected chi connectivity index (χ2v) is 8.04. The molecule has 1 atom stereocenters. The predicted octanol–water partition coefficient (Wildman–Crippen LogP) is 3.20. The average molecular weight is 659 g/mol. The number of benzene rings is 1. The first-order valence-electron chi connectivity index (χ1n) is 11.2. The number of aromatic nitrogens is 2. The number of nitrogens with one attached hydrogen (secondary N) is 2. The maximum absolute atomic E-state index is 11.8. The molecule has 0 aliphatic heterocycles. The zero-order chi connectivity index (χ0) is 35.1. The van der Waals surface area contributed by atoms with E-state index in [9.17, 15) is 44.3 Å². The minimum Gasteiger partial charge on any atom is -0.490 e. The molecule has 0 saturated heterocycles. The van der Waals surface area contributed by atoms with Crippen LogP contribution in [0.15, 0.2) is 30.6 Å². The number of hydrogen-bond donors (Lipinski definition) is 6. The van der Waals surface area contributed by atoms with E-state index in [1.165, 1.54) is 0 Å². The Balaban J connectivity index is 0. The summed E-state index contributed by atoms with van der Waals surface area (Å²) in [6.07, 6.45) is -11.7. The first-order valence-corrected chi connectivity index (χ1v) is 11.2. The number of amides is 1. The number of carboxylic acid groups (broad SMARTS) is 3. The van der Waals surface area contributed by atoms with Crippen molar-refractivity contribution in [1.29, 1.82) is 0 Å². The van der Waals surface area contributed by atoms with Crippen LogP contribution >= 0.6 is 0 Å². The van der Waals surface area contributed by atoms with E-state index in [1.807, 2.05) is 37.2 Å². The smallest absolute Gasteiger partial charge is 0.490 e. The fraction of sp³-hybridized carbons (Fsp3) is 0.409. The summed E-state index contributed by atoms with van der Waals surface area (Å²) in [6, 6.07) is 5.02. The lowest BCUT2D eigenvalue weighted by molar-refractivity contribution is -0.193. The number of halogens is 9. The van der Waals surface area contributed by atoms with E-state index in [2.05, 4.69) is 15.5 Å². The molecular formula is C22H26F9N5O8. The highest BCUT2D eigenvalue weighted by Gasteiger charge is 2.39. The molecule has 1 aromatic carbocycles. The molecule has 0 fully saturated rings. The number of anilines is 1. The Hall–Kier alpha value is -4.60. The molecule has 7 N–H and O–H groups in total. The fourth-order valence-electron chi connectivity index (χ4n) is 1.92. The van der Waals surface area contributed by atoms with Crippen molar-refractivity contribution in [3.63, 3.8) is 0 Å². The number of carboxylic acids is 3. The topological polar surface area (TPSA) is 208 Å². The second-order valence-electron chi connectivity index (χ2n) is 8.04. The molecule has 0 bridgehead atoms. The summed E-state index contributed by atoms with van der Waals surface area (Å²) in [7, 11) is 3.95. The maximum atomic E-state index is 11.8. The monoisotopic (exact) mass is 659 g/mol. The van der Waals surface area contributed by atoms with Crippen LogP contribution < -0.4 is 15.8 Å². The van der Waals surface area contributed by atoms with Crippen molar-refractivity contribution in [3.8, 4) is 16.9 Å². The maximum Gasteiger partial charge on any atom is 0.490 e. The van der Waals surface area contributed by atoms with Crippen molar-refractivity contribution in [2.24, 2.45) is 5.73 Å². The van der Waals surface area contributed by atoms with E-state index in [4.69, 9.17) is 40.2 Å². The van der Waals surface area contributed by atoms with Gasteiger partial charge in [-0.1, -0.05) is 6.07 Å². The Morgan fingerprint density at radius 3 is 1.66 bits per heavy atom. The van der Waals surface area contributed by atoms with Gasteiger partial charge in [-0.2, -0.15) is 44.6 Å². The van der Waals surface area contributed by atoms with Crippen LogP contribution in [0.2, 0.25) is 0 Å². The van der Waals surface area contributed by atoms with Gasteiger partial charge < -0.3 is 36.0 Å². The number of rotatable bonds is 7. The van der Waals surface area contributed by atoms with Crippen LogP contribution in [0.1, 0.15) is 6.92 Å². The minimum absolute atomic E-state index is 0.251. The number of nitrogens with zero attached hydrogens (tertiary/aromatic N) is 2. The van der Waals surface area contributed by atoms with Crippen molar-refractivity contribution in [3.05, 3.63) is 30.6 Å². The molecule has 44 heavy (non-hydrogen) atoms. The third kappa shape index (κ3) is 18.8. The number of hydrogen-bond acceptors (Lipinski definition) is 8. The zero-order valence-corrected chi connectivity index (χ0v) is 22.6. The van der Waals surface area contributed by atoms with Crippen LogP contribution in [0.5, 0.6) is 5.75 Å². The van der Waals surface area contributed by atoms with Gasteiger partial charge in [0.15, 0.2) is 0 Å². The molecule has 22 heteroatoms. The molecule has 0 spiro atoms. The standard InChI is InChI=1S/C16H23N5O2.3C2HF3O2/c1-11(17)16(22)20-14-5-4-12(13-9-18-19-10-13)8-15(14)23-7-6-21(2)3;3*3-2(4,5)1(6)7/h4-5,8-11H,6-7,17H2,1-3H3,(H,18,19)(H,20,22);3*(H,6,7)/t11-;;;/m0.../s1. The molecule has 0 radical (unpaired) electrons. The molecule has 0 saturated carbocycles. The molecule has 0 aliphatic rings. The zero-order valence-electron chi connectivity index (χ0n) is 22.6. The predicted molar refractivity (Wildman–Crippen MR) is 131 cm³/mol. The number of aliphatic carboxylic acids is 3. The summed E-state index contributed by atoms with van der Waals surface area (Å²) in [6.45, 7) is 2.93. The Morgan fingerprint density at radius 2 is 1.34 bits per heavy atom. The van der Waals surface area contributed by atoms with Crippen LogP contribution in [0.3, 0.4) is 0 Å². The molecule has 13 nitrogen and oxygen atoms in total. The van der Waals surface area contributed by atoms with E-state index in [1.54, 1.807) is 19.3 Å². The highest BCUT2D eigenvalue weighted by atomic mass is 19.4. The van der Waals surface area contributed by atoms with Crippen LogP contribution in [0.25, 0.3) is 11.1 Å². The van der Waals surface area contributed by atoms with Crippen LogP contribution in [-0.4, -0.2) is 106 Å². The van der Waals surface area contributed by atoms with Gasteiger partial charge in [0.05, 0.1) is 17.9 Å². The van der Waals surface area contributed by atoms with Gasteiger partial charge in [0.1, 0.15) is 12.4 Å². The van der Waals surface area contributed by atoms with Gasteiger partial charge in [-0.3, -0.25) is 9.89 Å². The Labute approximate surface area is 241 Å². The van der Waals surface area contributed by atoms with Gasteiger partial charge in [-0.05, 0) is 38.7 Å². The highest BCUT2D eigenvalue weighted by molar-refractivity contribution is 5.96. The number of carbonyl (C=O) groups is 4. The Kier molecular flexibility index (Phi) is 17.1. The third-order valence-electron chi connectivity index (χ3n) is 4.01. The van der Waals surface area contributed by atoms with Crippen LogP contribution in [-0.2, 0) is 19.2 Å². The van der Waals surface area contributed by atoms with Crippen molar-refractivity contribution in [2.75, 3.05) is 32.6 Å². The normalized spacial score (nSPS) is 11.8. The van der Waals surface area contributed by atoms with Gasteiger partial charge >= 0.3 is 36.4 Å². The molecule has 0 aliphatic carbocycles. The van der Waals surface area contributed by atoms with E-state index in [-0.39, 0.29) is 5.91 Å². The van der Waals surface area contributed by atoms with Gasteiger partial charge in [0.2, 0.25) is 5.91 Å². The molecular weight excluding hydrogens is 633 g/mol. The Bertz CT molecular complexity index is 1140. The molecule has 1 amide bonds. The van der Waals surface area contributed by atoms with Crippen LogP contribution in [0.4, 0.5) is 45.2 Å². The Morgan fingerprint density at radius 1 is 0.909 bits per heavy atom. The number of likely N-dealkylation sites (N-methyl/N-ethyl adjacent to an activating group) is 1. The summed E-state index contributed by atoms with van der Waals surface area (Å²) < 4.78 is 101. The van der Waals surface area contributed by atoms with E-state index < -0.39 is 42.5 Å². The summed E-state index contributed by atoms with van der Waals surface area (Å²) in [5.74, 6) is -7.91. The first-order chi connectivity index (χ1) is 19.8. The molecule has 2 rings (SSSR count). The SMILES string of the molecule is C[C@H](N)C(=O)Nc1ccc(-c2cn[nH]c2)cc1OCCN(C)C.O=C(O)C(F)(F)F.O=C(O)C(F)(F)F.O=C(O)C(F)(F)F. The number of H-pyrrole nitrogens is 1. The van der Waals surface area contributed by atoms with E-state index >= 15 is 0 Å². The molecule has 0 unspecified atom stereocenters. The van der Waals surface area contributed by atoms with E-state index in [0.29, 0.717) is 18.0 Å². The third-order valence-corrected chi connectivity index (χ3v) is 4.01. The van der Waals surface area contributed by atoms with Crippen molar-refractivity contribution in [2.45, 2.75) is 31.5 Å². The number of carbonyl (C=O) groups excluding carboxylic acids is 1. The largest absolute Gasteiger partial charge is 0.490 e. The molecule has 1 heterocycles. The molecule has 250 valence electrons. The number of nitrogens with two attached hydrogens (primary N) is 1. The number of ether oxygens (including phenoxy) is 1. The van der Waals surface area contributed by atoms with Gasteiger partial charge in [0, 0.05) is 18.3 Å². The van der Waals surface area contributed by atoms with Crippen molar-refractivity contribution < 1.29 is 78.7 Å². The van der Waals surface area contributed by atoms with E-state index in [0.717, 1.165) is 17.7 Å².